The fourth-order valence-electron chi connectivity index (χ4n) is 2.74. The Balaban J connectivity index is 2.25. The molecule has 2 rings (SSSR count). The Bertz CT molecular complexity index is 564. The van der Waals surface area contributed by atoms with Gasteiger partial charge < -0.3 is 0 Å². The maximum absolute atomic E-state index is 12.7. The number of nitrogens with one attached hydrogen (secondary N) is 1. The van der Waals surface area contributed by atoms with Crippen molar-refractivity contribution in [3.05, 3.63) is 35.9 Å². The van der Waals surface area contributed by atoms with E-state index in [0.29, 0.717) is 11.9 Å². The molecule has 0 saturated carbocycles. The second kappa shape index (κ2) is 6.77. The Labute approximate surface area is 136 Å². The second-order valence-electron chi connectivity index (χ2n) is 5.89. The zero-order valence-corrected chi connectivity index (χ0v) is 15.0. The van der Waals surface area contributed by atoms with Gasteiger partial charge in [-0.05, 0) is 32.3 Å². The summed E-state index contributed by atoms with van der Waals surface area (Å²) < 4.78 is 30.0. The third-order valence-corrected chi connectivity index (χ3v) is 7.07. The van der Waals surface area contributed by atoms with E-state index < -0.39 is 15.7 Å². The lowest BCUT2D eigenvalue weighted by molar-refractivity contribution is 0.260. The highest BCUT2D eigenvalue weighted by molar-refractivity contribution is 9.09. The minimum atomic E-state index is -3.50. The van der Waals surface area contributed by atoms with Crippen LogP contribution in [0.3, 0.4) is 0 Å². The topological polar surface area (TPSA) is 49.4 Å². The van der Waals surface area contributed by atoms with Crippen LogP contribution in [0.25, 0.3) is 0 Å². The van der Waals surface area contributed by atoms with Crippen molar-refractivity contribution in [2.24, 2.45) is 0 Å². The molecule has 1 aromatic rings. The van der Waals surface area contributed by atoms with Crippen LogP contribution in [-0.2, 0) is 15.7 Å². The van der Waals surface area contributed by atoms with Crippen LogP contribution in [0, 0.1) is 0 Å². The average Bonchev–Trinajstić information content (AvgIpc) is 2.48. The summed E-state index contributed by atoms with van der Waals surface area (Å²) in [5.41, 5.74) is 0.298. The molecular formula is C15H23BrN2O2S. The van der Waals surface area contributed by atoms with Crippen molar-refractivity contribution in [2.75, 3.05) is 11.9 Å². The van der Waals surface area contributed by atoms with Gasteiger partial charge in [-0.1, -0.05) is 52.7 Å². The highest BCUT2D eigenvalue weighted by atomic mass is 79.9. The van der Waals surface area contributed by atoms with Gasteiger partial charge in [-0.2, -0.15) is 17.4 Å². The molecule has 6 heteroatoms. The van der Waals surface area contributed by atoms with E-state index in [1.54, 1.807) is 4.31 Å². The van der Waals surface area contributed by atoms with Crippen molar-refractivity contribution in [1.29, 1.82) is 0 Å². The molecule has 118 valence electrons. The Kier molecular flexibility index (Phi) is 5.46. The number of halogens is 1. The molecule has 0 bridgehead atoms. The molecule has 21 heavy (non-hydrogen) atoms. The van der Waals surface area contributed by atoms with E-state index in [4.69, 9.17) is 0 Å². The van der Waals surface area contributed by atoms with Crippen molar-refractivity contribution in [3.63, 3.8) is 0 Å². The van der Waals surface area contributed by atoms with E-state index >= 15 is 0 Å². The fourth-order valence-corrected chi connectivity index (χ4v) is 5.22. The number of nitrogens with zero attached hydrogens (tertiary/aromatic N) is 1. The molecule has 0 aliphatic carbocycles. The molecule has 0 spiro atoms. The van der Waals surface area contributed by atoms with Crippen molar-refractivity contribution in [3.8, 4) is 0 Å². The van der Waals surface area contributed by atoms with Gasteiger partial charge in [0.05, 0.1) is 5.54 Å². The van der Waals surface area contributed by atoms with Crippen LogP contribution in [0.4, 0.5) is 0 Å². The Hall–Kier alpha value is -0.430. The maximum Gasteiger partial charge on any atom is 0.280 e. The molecule has 4 nitrogen and oxygen atoms in total. The number of benzene rings is 1. The molecule has 1 saturated heterocycles. The second-order valence-corrected chi connectivity index (χ2v) is 8.08. The van der Waals surface area contributed by atoms with Gasteiger partial charge in [-0.25, -0.2) is 0 Å². The molecule has 0 radical (unpaired) electrons. The molecular weight excluding hydrogens is 352 g/mol. The smallest absolute Gasteiger partial charge is 0.195 e. The summed E-state index contributed by atoms with van der Waals surface area (Å²) in [5.74, 6) is 0. The molecule has 1 N–H and O–H groups in total. The molecule has 2 atom stereocenters. The molecule has 1 aromatic carbocycles. The monoisotopic (exact) mass is 374 g/mol. The average molecular weight is 375 g/mol. The van der Waals surface area contributed by atoms with E-state index in [9.17, 15) is 8.42 Å². The van der Waals surface area contributed by atoms with E-state index in [1.807, 2.05) is 44.2 Å². The normalized spacial score (nSPS) is 23.7. The summed E-state index contributed by atoms with van der Waals surface area (Å²) >= 11 is 3.46. The SMILES string of the molecule is CC1CCCCN1S(=O)(=O)NC(C)(CBr)c1ccccc1. The number of rotatable bonds is 5. The lowest BCUT2D eigenvalue weighted by atomic mass is 9.96. The zero-order valence-electron chi connectivity index (χ0n) is 12.5. The Morgan fingerprint density at radius 2 is 2.00 bits per heavy atom. The minimum Gasteiger partial charge on any atom is -0.195 e. The Morgan fingerprint density at radius 1 is 1.33 bits per heavy atom. The quantitative estimate of drug-likeness (QED) is 0.805. The van der Waals surface area contributed by atoms with Crippen molar-refractivity contribution >= 4 is 26.1 Å². The maximum atomic E-state index is 12.7. The Morgan fingerprint density at radius 3 is 2.57 bits per heavy atom. The minimum absolute atomic E-state index is 0.0617. The van der Waals surface area contributed by atoms with E-state index in [2.05, 4.69) is 20.7 Å². The summed E-state index contributed by atoms with van der Waals surface area (Å²) in [7, 11) is -3.50. The predicted molar refractivity (Wildman–Crippen MR) is 89.7 cm³/mol. The van der Waals surface area contributed by atoms with E-state index in [0.717, 1.165) is 24.8 Å². The van der Waals surface area contributed by atoms with Gasteiger partial charge in [0.1, 0.15) is 0 Å². The van der Waals surface area contributed by atoms with Gasteiger partial charge in [0.2, 0.25) is 0 Å². The van der Waals surface area contributed by atoms with E-state index in [1.165, 1.54) is 0 Å². The third kappa shape index (κ3) is 3.86. The molecule has 2 unspecified atom stereocenters. The highest BCUT2D eigenvalue weighted by Crippen LogP contribution is 2.27. The third-order valence-electron chi connectivity index (χ3n) is 4.08. The van der Waals surface area contributed by atoms with Crippen LogP contribution in [0.2, 0.25) is 0 Å². The first kappa shape index (κ1) is 16.9. The largest absolute Gasteiger partial charge is 0.280 e. The van der Waals surface area contributed by atoms with Crippen LogP contribution in [-0.4, -0.2) is 30.6 Å². The zero-order chi connectivity index (χ0) is 15.5. The van der Waals surface area contributed by atoms with Crippen LogP contribution in [0.15, 0.2) is 30.3 Å². The summed E-state index contributed by atoms with van der Waals surface area (Å²) in [6, 6.07) is 9.74. The lowest BCUT2D eigenvalue weighted by Gasteiger charge is -2.37. The van der Waals surface area contributed by atoms with Crippen LogP contribution in [0.1, 0.15) is 38.7 Å². The molecule has 1 heterocycles. The van der Waals surface area contributed by atoms with Gasteiger partial charge >= 0.3 is 0 Å². The fraction of sp³-hybridized carbons (Fsp3) is 0.600. The van der Waals surface area contributed by atoms with Crippen molar-refractivity contribution < 1.29 is 8.42 Å². The summed E-state index contributed by atoms with van der Waals surface area (Å²) in [5, 5.41) is 0.519. The molecule has 0 aromatic heterocycles. The molecule has 1 aliphatic rings. The number of hydrogen-bond donors (Lipinski definition) is 1. The number of hydrogen-bond acceptors (Lipinski definition) is 2. The summed E-state index contributed by atoms with van der Waals surface area (Å²) in [6.45, 7) is 4.49. The molecule has 1 aliphatic heterocycles. The number of piperidine rings is 1. The summed E-state index contributed by atoms with van der Waals surface area (Å²) in [6.07, 6.45) is 2.96. The van der Waals surface area contributed by atoms with Crippen LogP contribution >= 0.6 is 15.9 Å². The van der Waals surface area contributed by atoms with Gasteiger partial charge in [0.25, 0.3) is 10.2 Å². The van der Waals surface area contributed by atoms with Gasteiger partial charge in [-0.15, -0.1) is 0 Å². The van der Waals surface area contributed by atoms with Crippen molar-refractivity contribution in [1.82, 2.24) is 9.03 Å². The van der Waals surface area contributed by atoms with Crippen LogP contribution < -0.4 is 4.72 Å². The first-order valence-corrected chi connectivity index (χ1v) is 9.87. The molecule has 1 fully saturated rings. The summed E-state index contributed by atoms with van der Waals surface area (Å²) in [4.78, 5) is 0. The predicted octanol–water partition coefficient (Wildman–Crippen LogP) is 3.01. The first-order valence-electron chi connectivity index (χ1n) is 7.31. The lowest BCUT2D eigenvalue weighted by Crippen LogP contribution is -2.54. The first-order chi connectivity index (χ1) is 9.89. The number of alkyl halides is 1. The van der Waals surface area contributed by atoms with E-state index in [-0.39, 0.29) is 6.04 Å². The standard InChI is InChI=1S/C15H23BrN2O2S/c1-13-8-6-7-11-18(13)21(19,20)17-15(2,12-16)14-9-4-3-5-10-14/h3-5,9-10,13,17H,6-8,11-12H2,1-2H3. The van der Waals surface area contributed by atoms with Gasteiger partial charge in [-0.3, -0.25) is 0 Å². The van der Waals surface area contributed by atoms with Crippen LogP contribution in [0.5, 0.6) is 0 Å². The molecule has 0 amide bonds. The highest BCUT2D eigenvalue weighted by Gasteiger charge is 2.36. The van der Waals surface area contributed by atoms with Gasteiger partial charge in [0, 0.05) is 17.9 Å². The van der Waals surface area contributed by atoms with Gasteiger partial charge in [0.15, 0.2) is 0 Å². The van der Waals surface area contributed by atoms with Crippen molar-refractivity contribution in [2.45, 2.75) is 44.7 Å².